The third-order valence-corrected chi connectivity index (χ3v) is 5.70. The van der Waals surface area contributed by atoms with E-state index in [-0.39, 0.29) is 30.4 Å². The summed E-state index contributed by atoms with van der Waals surface area (Å²) in [5.74, 6) is 0.885. The van der Waals surface area contributed by atoms with Crippen LogP contribution >= 0.6 is 0 Å². The summed E-state index contributed by atoms with van der Waals surface area (Å²) in [6.07, 6.45) is 2.59. The monoisotopic (exact) mass is 370 g/mol. The molecule has 3 heterocycles. The topological polar surface area (TPSA) is 78.5 Å². The Bertz CT molecular complexity index is 816. The van der Waals surface area contributed by atoms with Gasteiger partial charge in [-0.2, -0.15) is 0 Å². The first kappa shape index (κ1) is 18.0. The number of imidazole rings is 1. The van der Waals surface area contributed by atoms with E-state index < -0.39 is 0 Å². The molecule has 0 radical (unpaired) electrons. The molecule has 0 bridgehead atoms. The summed E-state index contributed by atoms with van der Waals surface area (Å²) >= 11 is 0. The van der Waals surface area contributed by atoms with Crippen molar-refractivity contribution < 1.29 is 14.3 Å². The molecule has 2 fully saturated rings. The summed E-state index contributed by atoms with van der Waals surface area (Å²) in [5, 5.41) is 0. The number of likely N-dealkylation sites (tertiary alicyclic amines) is 2. The van der Waals surface area contributed by atoms with E-state index >= 15 is 0 Å². The Balaban J connectivity index is 1.29. The van der Waals surface area contributed by atoms with Gasteiger partial charge in [0.15, 0.2) is 0 Å². The highest BCUT2D eigenvalue weighted by Crippen LogP contribution is 2.40. The largest absolute Gasteiger partial charge is 0.364 e. The van der Waals surface area contributed by atoms with Crippen LogP contribution in [0.1, 0.15) is 32.0 Å². The predicted molar refractivity (Wildman–Crippen MR) is 101 cm³/mol. The van der Waals surface area contributed by atoms with Gasteiger partial charge in [-0.05, 0) is 31.4 Å². The van der Waals surface area contributed by atoms with E-state index in [4.69, 9.17) is 4.74 Å². The summed E-state index contributed by atoms with van der Waals surface area (Å²) in [4.78, 5) is 36.6. The van der Waals surface area contributed by atoms with E-state index in [9.17, 15) is 9.59 Å². The Morgan fingerprint density at radius 1 is 1.30 bits per heavy atom. The molecular weight excluding hydrogens is 344 g/mol. The Morgan fingerprint density at radius 3 is 2.93 bits per heavy atom. The van der Waals surface area contributed by atoms with Crippen LogP contribution in [0.25, 0.3) is 11.0 Å². The maximum absolute atomic E-state index is 12.7. The van der Waals surface area contributed by atoms with E-state index in [0.29, 0.717) is 18.9 Å². The Kier molecular flexibility index (Phi) is 4.86. The highest BCUT2D eigenvalue weighted by atomic mass is 16.5. The summed E-state index contributed by atoms with van der Waals surface area (Å²) in [6, 6.07) is 7.78. The van der Waals surface area contributed by atoms with E-state index in [2.05, 4.69) is 16.9 Å². The van der Waals surface area contributed by atoms with Crippen molar-refractivity contribution in [3.05, 3.63) is 30.1 Å². The number of carbonyl (C=O) groups excluding carboxylic acids is 2. The number of aromatic nitrogens is 2. The number of H-pyrrole nitrogens is 1. The van der Waals surface area contributed by atoms with Gasteiger partial charge >= 0.3 is 0 Å². The number of nitrogens with zero attached hydrogens (tertiary/aromatic N) is 3. The van der Waals surface area contributed by atoms with E-state index in [1.165, 1.54) is 0 Å². The van der Waals surface area contributed by atoms with Crippen LogP contribution in [0.4, 0.5) is 0 Å². The fourth-order valence-electron chi connectivity index (χ4n) is 4.24. The van der Waals surface area contributed by atoms with Crippen LogP contribution in [0.2, 0.25) is 0 Å². The molecule has 1 aromatic carbocycles. The van der Waals surface area contributed by atoms with Crippen LogP contribution in [0.5, 0.6) is 0 Å². The van der Waals surface area contributed by atoms with Crippen molar-refractivity contribution in [2.75, 3.05) is 32.8 Å². The number of ether oxygens (including phenoxy) is 1. The number of hydrogen-bond acceptors (Lipinski definition) is 4. The minimum atomic E-state index is -0.358. The van der Waals surface area contributed by atoms with E-state index in [1.807, 2.05) is 29.2 Å². The lowest BCUT2D eigenvalue weighted by Crippen LogP contribution is -2.39. The fraction of sp³-hybridized carbons (Fsp3) is 0.550. The second-order valence-corrected chi connectivity index (χ2v) is 7.58. The first-order chi connectivity index (χ1) is 13.1. The molecule has 2 aliphatic heterocycles. The van der Waals surface area contributed by atoms with Crippen LogP contribution < -0.4 is 0 Å². The van der Waals surface area contributed by atoms with Crippen LogP contribution in [-0.2, 0) is 20.9 Å². The van der Waals surface area contributed by atoms with Gasteiger partial charge in [-0.1, -0.05) is 19.1 Å². The van der Waals surface area contributed by atoms with Crippen LogP contribution in [-0.4, -0.2) is 64.4 Å². The van der Waals surface area contributed by atoms with Gasteiger partial charge in [0, 0.05) is 26.2 Å². The number of fused-ring (bicyclic) bond motifs is 1. The molecule has 27 heavy (non-hydrogen) atoms. The molecular formula is C20H26N4O3. The molecule has 1 N–H and O–H groups in total. The van der Waals surface area contributed by atoms with Crippen molar-refractivity contribution >= 4 is 22.8 Å². The van der Waals surface area contributed by atoms with Crippen LogP contribution in [0, 0.1) is 5.41 Å². The minimum Gasteiger partial charge on any atom is -0.364 e. The number of aromatic amines is 1. The molecule has 2 aliphatic rings. The maximum Gasteiger partial charge on any atom is 0.248 e. The van der Waals surface area contributed by atoms with Gasteiger partial charge in [0.25, 0.3) is 0 Å². The molecule has 2 saturated heterocycles. The lowest BCUT2D eigenvalue weighted by atomic mass is 9.85. The van der Waals surface area contributed by atoms with Gasteiger partial charge in [0.2, 0.25) is 11.8 Å². The molecule has 4 rings (SSSR count). The molecule has 144 valence electrons. The molecule has 2 aromatic rings. The van der Waals surface area contributed by atoms with Crippen LogP contribution in [0.3, 0.4) is 0 Å². The highest BCUT2D eigenvalue weighted by Gasteiger charge is 2.51. The SMILES string of the molecule is CCCN1CCC2(CCN(C(=O)COCc3nc4ccccc4[nH]3)C2)C1=O. The molecule has 7 nitrogen and oxygen atoms in total. The highest BCUT2D eigenvalue weighted by molar-refractivity contribution is 5.87. The van der Waals surface area contributed by atoms with Crippen molar-refractivity contribution in [1.82, 2.24) is 19.8 Å². The second-order valence-electron chi connectivity index (χ2n) is 7.58. The number of amides is 2. The zero-order chi connectivity index (χ0) is 18.9. The summed E-state index contributed by atoms with van der Waals surface area (Å²) in [6.45, 7) is 5.16. The zero-order valence-corrected chi connectivity index (χ0v) is 15.7. The van der Waals surface area contributed by atoms with Crippen LogP contribution in [0.15, 0.2) is 24.3 Å². The lowest BCUT2D eigenvalue weighted by Gasteiger charge is -2.23. The lowest BCUT2D eigenvalue weighted by molar-refractivity contribution is -0.138. The van der Waals surface area contributed by atoms with Gasteiger partial charge in [0.1, 0.15) is 19.0 Å². The van der Waals surface area contributed by atoms with Gasteiger partial charge in [0.05, 0.1) is 16.4 Å². The number of para-hydroxylation sites is 2. The van der Waals surface area contributed by atoms with Crippen molar-refractivity contribution in [3.8, 4) is 0 Å². The first-order valence-corrected chi connectivity index (χ1v) is 9.70. The second kappa shape index (κ2) is 7.31. The number of carbonyl (C=O) groups is 2. The number of benzene rings is 1. The molecule has 1 spiro atoms. The summed E-state index contributed by atoms with van der Waals surface area (Å²) in [5.41, 5.74) is 1.49. The molecule has 7 heteroatoms. The van der Waals surface area contributed by atoms with Gasteiger partial charge in [-0.15, -0.1) is 0 Å². The van der Waals surface area contributed by atoms with E-state index in [1.54, 1.807) is 4.90 Å². The quantitative estimate of drug-likeness (QED) is 0.843. The van der Waals surface area contributed by atoms with Gasteiger partial charge < -0.3 is 19.5 Å². The Morgan fingerprint density at radius 2 is 2.11 bits per heavy atom. The number of hydrogen-bond donors (Lipinski definition) is 1. The van der Waals surface area contributed by atoms with Crippen molar-refractivity contribution in [1.29, 1.82) is 0 Å². The zero-order valence-electron chi connectivity index (χ0n) is 15.7. The Labute approximate surface area is 158 Å². The third-order valence-electron chi connectivity index (χ3n) is 5.70. The van der Waals surface area contributed by atoms with Gasteiger partial charge in [-0.25, -0.2) is 4.98 Å². The molecule has 0 saturated carbocycles. The summed E-state index contributed by atoms with van der Waals surface area (Å²) < 4.78 is 5.58. The average molecular weight is 370 g/mol. The number of rotatable bonds is 6. The molecule has 1 aromatic heterocycles. The van der Waals surface area contributed by atoms with Crippen molar-refractivity contribution in [3.63, 3.8) is 0 Å². The average Bonchev–Trinajstić information content (AvgIpc) is 3.36. The number of nitrogens with one attached hydrogen (secondary N) is 1. The van der Waals surface area contributed by atoms with E-state index in [0.717, 1.165) is 43.4 Å². The van der Waals surface area contributed by atoms with Crippen molar-refractivity contribution in [2.24, 2.45) is 5.41 Å². The standard InChI is InChI=1S/C20H26N4O3/c1-2-9-23-10-7-20(19(23)26)8-11-24(14-20)18(25)13-27-12-17-21-15-5-3-4-6-16(15)22-17/h3-6H,2,7-14H2,1H3,(H,21,22). The normalized spacial score (nSPS) is 22.5. The summed E-state index contributed by atoms with van der Waals surface area (Å²) in [7, 11) is 0. The predicted octanol–water partition coefficient (Wildman–Crippen LogP) is 1.94. The third kappa shape index (κ3) is 3.43. The first-order valence-electron chi connectivity index (χ1n) is 9.70. The molecule has 2 amide bonds. The maximum atomic E-state index is 12.7. The molecule has 0 aliphatic carbocycles. The van der Waals surface area contributed by atoms with Crippen molar-refractivity contribution in [2.45, 2.75) is 32.8 Å². The Hall–Kier alpha value is -2.41. The molecule has 1 unspecified atom stereocenters. The smallest absolute Gasteiger partial charge is 0.248 e. The molecule has 1 atom stereocenters. The minimum absolute atomic E-state index is 0.0139. The fourth-order valence-corrected chi connectivity index (χ4v) is 4.24. The van der Waals surface area contributed by atoms with Gasteiger partial charge in [-0.3, -0.25) is 9.59 Å².